The maximum atomic E-state index is 10.1. The Morgan fingerprint density at radius 1 is 1.53 bits per heavy atom. The van der Waals surface area contributed by atoms with Gasteiger partial charge in [0.25, 0.3) is 0 Å². The van der Waals surface area contributed by atoms with Crippen molar-refractivity contribution in [2.24, 2.45) is 0 Å². The lowest BCUT2D eigenvalue weighted by atomic mass is 9.99. The summed E-state index contributed by atoms with van der Waals surface area (Å²) in [6.45, 7) is 2.66. The Morgan fingerprint density at radius 3 is 2.94 bits per heavy atom. The van der Waals surface area contributed by atoms with Gasteiger partial charge in [0.1, 0.15) is 0 Å². The molecule has 94 valence electrons. The van der Waals surface area contributed by atoms with Crippen molar-refractivity contribution in [2.75, 3.05) is 20.4 Å². The third kappa shape index (κ3) is 2.20. The van der Waals surface area contributed by atoms with Crippen LogP contribution in [0.4, 0.5) is 0 Å². The van der Waals surface area contributed by atoms with E-state index in [9.17, 15) is 5.11 Å². The van der Waals surface area contributed by atoms with Crippen molar-refractivity contribution < 1.29 is 14.6 Å². The Morgan fingerprint density at radius 2 is 2.29 bits per heavy atom. The Balaban J connectivity index is 2.47. The predicted octanol–water partition coefficient (Wildman–Crippen LogP) is 1.88. The van der Waals surface area contributed by atoms with Crippen molar-refractivity contribution in [3.8, 4) is 11.5 Å². The summed E-state index contributed by atoms with van der Waals surface area (Å²) >= 11 is 6.27. The third-order valence-electron chi connectivity index (χ3n) is 2.85. The molecule has 1 heterocycles. The van der Waals surface area contributed by atoms with Crippen LogP contribution in [0.5, 0.6) is 11.5 Å². The van der Waals surface area contributed by atoms with Crippen LogP contribution in [-0.2, 0) is 6.42 Å². The van der Waals surface area contributed by atoms with E-state index in [2.05, 4.69) is 5.32 Å². The first-order chi connectivity index (χ1) is 8.19. The average molecular weight is 258 g/mol. The number of halogens is 1. The Hall–Kier alpha value is -0.970. The summed E-state index contributed by atoms with van der Waals surface area (Å²) < 4.78 is 10.6. The quantitative estimate of drug-likeness (QED) is 0.865. The number of ether oxygens (including phenoxy) is 2. The number of rotatable bonds is 4. The number of aliphatic hydroxyl groups is 1. The van der Waals surface area contributed by atoms with Crippen LogP contribution in [0.25, 0.3) is 0 Å². The van der Waals surface area contributed by atoms with E-state index in [1.54, 1.807) is 7.05 Å². The van der Waals surface area contributed by atoms with Crippen LogP contribution in [0, 0.1) is 0 Å². The van der Waals surface area contributed by atoms with Crippen LogP contribution < -0.4 is 14.8 Å². The van der Waals surface area contributed by atoms with Crippen molar-refractivity contribution in [2.45, 2.75) is 19.4 Å². The number of benzene rings is 1. The zero-order valence-electron chi connectivity index (χ0n) is 9.92. The Kier molecular flexibility index (Phi) is 3.76. The van der Waals surface area contributed by atoms with Crippen LogP contribution >= 0.6 is 11.6 Å². The van der Waals surface area contributed by atoms with Crippen LogP contribution in [0.1, 0.15) is 24.2 Å². The lowest BCUT2D eigenvalue weighted by Crippen LogP contribution is -2.18. The second-order valence-corrected chi connectivity index (χ2v) is 4.30. The molecule has 0 bridgehead atoms. The van der Waals surface area contributed by atoms with Gasteiger partial charge in [-0.2, -0.15) is 0 Å². The minimum atomic E-state index is -0.595. The molecular weight excluding hydrogens is 242 g/mol. The molecule has 0 amide bonds. The molecule has 0 saturated heterocycles. The zero-order chi connectivity index (χ0) is 12.4. The molecule has 1 aromatic carbocycles. The largest absolute Gasteiger partial charge is 0.454 e. The summed E-state index contributed by atoms with van der Waals surface area (Å²) in [6.07, 6.45) is 0.146. The maximum absolute atomic E-state index is 10.1. The van der Waals surface area contributed by atoms with Crippen molar-refractivity contribution in [3.05, 3.63) is 22.2 Å². The van der Waals surface area contributed by atoms with Crippen LogP contribution in [-0.4, -0.2) is 25.5 Å². The fourth-order valence-corrected chi connectivity index (χ4v) is 2.41. The topological polar surface area (TPSA) is 50.7 Å². The van der Waals surface area contributed by atoms with E-state index in [0.717, 1.165) is 17.5 Å². The van der Waals surface area contributed by atoms with Gasteiger partial charge in [-0.05, 0) is 30.7 Å². The molecule has 5 heteroatoms. The molecule has 1 aromatic rings. The zero-order valence-corrected chi connectivity index (χ0v) is 10.7. The van der Waals surface area contributed by atoms with Crippen LogP contribution in [0.15, 0.2) is 6.07 Å². The van der Waals surface area contributed by atoms with Gasteiger partial charge in [0.05, 0.1) is 11.1 Å². The maximum Gasteiger partial charge on any atom is 0.231 e. The van der Waals surface area contributed by atoms with E-state index in [0.29, 0.717) is 23.1 Å². The molecule has 1 aliphatic rings. The lowest BCUT2D eigenvalue weighted by Gasteiger charge is -2.17. The van der Waals surface area contributed by atoms with Gasteiger partial charge in [-0.25, -0.2) is 0 Å². The monoisotopic (exact) mass is 257 g/mol. The highest BCUT2D eigenvalue weighted by molar-refractivity contribution is 6.33. The van der Waals surface area contributed by atoms with Crippen LogP contribution in [0.2, 0.25) is 5.02 Å². The molecule has 1 unspecified atom stereocenters. The summed E-state index contributed by atoms with van der Waals surface area (Å²) in [6, 6.07) is 1.81. The summed E-state index contributed by atoms with van der Waals surface area (Å²) in [5, 5.41) is 13.6. The molecule has 0 fully saturated rings. The molecule has 0 spiro atoms. The second kappa shape index (κ2) is 5.12. The van der Waals surface area contributed by atoms with Gasteiger partial charge >= 0.3 is 0 Å². The molecule has 0 aliphatic carbocycles. The van der Waals surface area contributed by atoms with Crippen molar-refractivity contribution in [1.29, 1.82) is 0 Å². The van der Waals surface area contributed by atoms with E-state index in [4.69, 9.17) is 21.1 Å². The third-order valence-corrected chi connectivity index (χ3v) is 3.25. The van der Waals surface area contributed by atoms with E-state index >= 15 is 0 Å². The fraction of sp³-hybridized carbons (Fsp3) is 0.500. The second-order valence-electron chi connectivity index (χ2n) is 3.92. The molecule has 1 atom stereocenters. The summed E-state index contributed by atoms with van der Waals surface area (Å²) in [7, 11) is 1.80. The van der Waals surface area contributed by atoms with E-state index in [-0.39, 0.29) is 6.79 Å². The smallest absolute Gasteiger partial charge is 0.231 e. The van der Waals surface area contributed by atoms with E-state index < -0.39 is 6.10 Å². The number of aliphatic hydroxyl groups excluding tert-OH is 1. The van der Waals surface area contributed by atoms with Gasteiger partial charge in [-0.1, -0.05) is 18.5 Å². The fourth-order valence-electron chi connectivity index (χ4n) is 2.02. The predicted molar refractivity (Wildman–Crippen MR) is 65.8 cm³/mol. The Labute approximate surface area is 105 Å². The van der Waals surface area contributed by atoms with Crippen molar-refractivity contribution >= 4 is 11.6 Å². The highest BCUT2D eigenvalue weighted by Gasteiger charge is 2.24. The standard InChI is InChI=1S/C12H16ClNO3/c1-3-7-8(9(15)5-14-2)4-10-12(11(7)13)17-6-16-10/h4,9,14-15H,3,5-6H2,1-2H3. The van der Waals surface area contributed by atoms with E-state index in [1.807, 2.05) is 13.0 Å². The van der Waals surface area contributed by atoms with Gasteiger partial charge in [0.15, 0.2) is 11.5 Å². The summed E-state index contributed by atoms with van der Waals surface area (Å²) in [5.41, 5.74) is 1.72. The molecule has 0 aromatic heterocycles. The molecule has 0 saturated carbocycles. The van der Waals surface area contributed by atoms with Gasteiger partial charge in [-0.15, -0.1) is 0 Å². The van der Waals surface area contributed by atoms with Gasteiger partial charge < -0.3 is 19.9 Å². The van der Waals surface area contributed by atoms with E-state index in [1.165, 1.54) is 0 Å². The molecular formula is C12H16ClNO3. The minimum Gasteiger partial charge on any atom is -0.454 e. The number of fused-ring (bicyclic) bond motifs is 1. The molecule has 4 nitrogen and oxygen atoms in total. The highest BCUT2D eigenvalue weighted by Crippen LogP contribution is 2.44. The molecule has 0 radical (unpaired) electrons. The average Bonchev–Trinajstić information content (AvgIpc) is 2.77. The van der Waals surface area contributed by atoms with Gasteiger partial charge in [0, 0.05) is 6.54 Å². The van der Waals surface area contributed by atoms with Gasteiger partial charge in [-0.3, -0.25) is 0 Å². The number of hydrogen-bond acceptors (Lipinski definition) is 4. The van der Waals surface area contributed by atoms with Crippen molar-refractivity contribution in [3.63, 3.8) is 0 Å². The summed E-state index contributed by atoms with van der Waals surface area (Å²) in [4.78, 5) is 0. The molecule has 2 N–H and O–H groups in total. The first kappa shape index (κ1) is 12.5. The lowest BCUT2D eigenvalue weighted by molar-refractivity contribution is 0.171. The first-order valence-corrected chi connectivity index (χ1v) is 6.00. The molecule has 1 aliphatic heterocycles. The molecule has 17 heavy (non-hydrogen) atoms. The van der Waals surface area contributed by atoms with Crippen LogP contribution in [0.3, 0.4) is 0 Å². The normalized spacial score (nSPS) is 15.1. The number of hydrogen-bond donors (Lipinski definition) is 2. The first-order valence-electron chi connectivity index (χ1n) is 5.62. The number of likely N-dealkylation sites (N-methyl/N-ethyl adjacent to an activating group) is 1. The summed E-state index contributed by atoms with van der Waals surface area (Å²) in [5.74, 6) is 1.20. The highest BCUT2D eigenvalue weighted by atomic mass is 35.5. The molecule has 2 rings (SSSR count). The SMILES string of the molecule is CCc1c(C(O)CNC)cc2c(c1Cl)OCO2. The van der Waals surface area contributed by atoms with Gasteiger partial charge in [0.2, 0.25) is 6.79 Å². The van der Waals surface area contributed by atoms with Crippen molar-refractivity contribution in [1.82, 2.24) is 5.32 Å². The Bertz CT molecular complexity index is 423. The number of nitrogens with one attached hydrogen (secondary N) is 1. The minimum absolute atomic E-state index is 0.184.